The third-order valence-electron chi connectivity index (χ3n) is 5.57. The maximum Gasteiger partial charge on any atom is 0.411 e. The minimum Gasteiger partial charge on any atom is -0.465 e. The van der Waals surface area contributed by atoms with E-state index in [4.69, 9.17) is 4.74 Å². The molecule has 8 heteroatoms. The van der Waals surface area contributed by atoms with Gasteiger partial charge in [0.15, 0.2) is 0 Å². The summed E-state index contributed by atoms with van der Waals surface area (Å²) < 4.78 is 25.1. The van der Waals surface area contributed by atoms with E-state index in [1.54, 1.807) is 37.8 Å². The van der Waals surface area contributed by atoms with Gasteiger partial charge in [0, 0.05) is 25.0 Å². The van der Waals surface area contributed by atoms with Gasteiger partial charge in [0.25, 0.3) is 0 Å². The van der Waals surface area contributed by atoms with Crippen LogP contribution < -0.4 is 0 Å². The number of hydrogen-bond donors (Lipinski definition) is 0. The van der Waals surface area contributed by atoms with Gasteiger partial charge in [-0.05, 0) is 58.1 Å². The molecule has 1 aliphatic carbocycles. The van der Waals surface area contributed by atoms with Crippen molar-refractivity contribution in [1.82, 2.24) is 9.80 Å². The van der Waals surface area contributed by atoms with Gasteiger partial charge in [0.1, 0.15) is 18.0 Å². The second kappa shape index (κ2) is 9.24. The highest BCUT2D eigenvalue weighted by molar-refractivity contribution is 5.90. The van der Waals surface area contributed by atoms with Gasteiger partial charge in [-0.25, -0.2) is 14.0 Å². The molecule has 1 aromatic carbocycles. The number of benzene rings is 1. The van der Waals surface area contributed by atoms with Crippen LogP contribution in [0.2, 0.25) is 0 Å². The van der Waals surface area contributed by atoms with E-state index >= 15 is 0 Å². The van der Waals surface area contributed by atoms with Gasteiger partial charge in [-0.3, -0.25) is 9.69 Å². The summed E-state index contributed by atoms with van der Waals surface area (Å²) >= 11 is 0. The van der Waals surface area contributed by atoms with E-state index in [1.807, 2.05) is 0 Å². The molecule has 0 bridgehead atoms. The first kappa shape index (κ1) is 23.0. The number of esters is 1. The predicted octanol–water partition coefficient (Wildman–Crippen LogP) is 3.72. The number of piperidine rings is 1. The number of hydrogen-bond acceptors (Lipinski definition) is 5. The van der Waals surface area contributed by atoms with Gasteiger partial charge in [-0.1, -0.05) is 12.1 Å². The molecular weight excluding hydrogens is 403 g/mol. The highest BCUT2D eigenvalue weighted by Gasteiger charge is 2.38. The van der Waals surface area contributed by atoms with Crippen molar-refractivity contribution in [2.75, 3.05) is 26.7 Å². The molecule has 2 amide bonds. The Labute approximate surface area is 182 Å². The molecule has 1 aromatic rings. The van der Waals surface area contributed by atoms with Gasteiger partial charge in [-0.15, -0.1) is 0 Å². The zero-order valence-corrected chi connectivity index (χ0v) is 18.7. The fraction of sp³-hybridized carbons (Fsp3) is 0.609. The lowest BCUT2D eigenvalue weighted by Crippen LogP contribution is -2.48. The van der Waals surface area contributed by atoms with Gasteiger partial charge in [0.2, 0.25) is 5.91 Å². The summed E-state index contributed by atoms with van der Waals surface area (Å²) in [6, 6.07) is 4.71. The number of likely N-dealkylation sites (tertiary alicyclic amines) is 1. The number of halogens is 1. The summed E-state index contributed by atoms with van der Waals surface area (Å²) in [7, 11) is 1.21. The quantitative estimate of drug-likeness (QED) is 0.661. The number of rotatable bonds is 5. The van der Waals surface area contributed by atoms with Crippen LogP contribution in [0.3, 0.4) is 0 Å². The Balaban J connectivity index is 1.69. The van der Waals surface area contributed by atoms with Crippen molar-refractivity contribution in [3.63, 3.8) is 0 Å². The second-order valence-electron chi connectivity index (χ2n) is 9.22. The molecule has 1 atom stereocenters. The van der Waals surface area contributed by atoms with E-state index in [0.717, 1.165) is 12.8 Å². The summed E-state index contributed by atoms with van der Waals surface area (Å²) in [5.74, 6) is -1.72. The normalized spacial score (nSPS) is 19.0. The van der Waals surface area contributed by atoms with E-state index in [2.05, 4.69) is 4.74 Å². The standard InChI is InChI=1S/C23H31FN2O5/c1-23(2,3)31-22(29)26(16-10-11-16)14-19(27)25-12-6-7-15(13-25)17-8-5-9-18(20(17)24)21(28)30-4/h5,8-9,15-16H,6-7,10-14H2,1-4H3. The van der Waals surface area contributed by atoms with Crippen LogP contribution in [0, 0.1) is 5.82 Å². The minimum atomic E-state index is -0.722. The molecule has 1 saturated carbocycles. The van der Waals surface area contributed by atoms with E-state index in [0.29, 0.717) is 31.5 Å². The topological polar surface area (TPSA) is 76.2 Å². The van der Waals surface area contributed by atoms with Crippen LogP contribution in [0.5, 0.6) is 0 Å². The Morgan fingerprint density at radius 2 is 1.90 bits per heavy atom. The number of amides is 2. The van der Waals surface area contributed by atoms with Gasteiger partial charge < -0.3 is 14.4 Å². The molecule has 31 heavy (non-hydrogen) atoms. The van der Waals surface area contributed by atoms with Crippen LogP contribution in [-0.2, 0) is 14.3 Å². The van der Waals surface area contributed by atoms with Gasteiger partial charge in [-0.2, -0.15) is 0 Å². The predicted molar refractivity (Wildman–Crippen MR) is 112 cm³/mol. The molecule has 1 heterocycles. The van der Waals surface area contributed by atoms with E-state index in [9.17, 15) is 18.8 Å². The molecular formula is C23H31FN2O5. The third-order valence-corrected chi connectivity index (χ3v) is 5.57. The molecule has 170 valence electrons. The minimum absolute atomic E-state index is 0.0357. The van der Waals surface area contributed by atoms with Crippen LogP contribution in [0.1, 0.15) is 68.3 Å². The Hall–Kier alpha value is -2.64. The van der Waals surface area contributed by atoms with Crippen molar-refractivity contribution in [2.45, 2.75) is 64.0 Å². The number of methoxy groups -OCH3 is 1. The van der Waals surface area contributed by atoms with E-state index in [-0.39, 0.29) is 30.0 Å². The summed E-state index contributed by atoms with van der Waals surface area (Å²) in [4.78, 5) is 40.6. The van der Waals surface area contributed by atoms with Crippen LogP contribution >= 0.6 is 0 Å². The van der Waals surface area contributed by atoms with E-state index in [1.165, 1.54) is 18.1 Å². The highest BCUT2D eigenvalue weighted by atomic mass is 19.1. The molecule has 0 aromatic heterocycles. The lowest BCUT2D eigenvalue weighted by atomic mass is 9.89. The van der Waals surface area contributed by atoms with Crippen molar-refractivity contribution in [3.8, 4) is 0 Å². The van der Waals surface area contributed by atoms with Gasteiger partial charge in [0.05, 0.1) is 12.7 Å². The van der Waals surface area contributed by atoms with Gasteiger partial charge >= 0.3 is 12.1 Å². The lowest BCUT2D eigenvalue weighted by molar-refractivity contribution is -0.133. The Kier molecular flexibility index (Phi) is 6.86. The molecule has 0 radical (unpaired) electrons. The largest absolute Gasteiger partial charge is 0.465 e. The first-order chi connectivity index (χ1) is 14.6. The number of carbonyl (C=O) groups is 3. The SMILES string of the molecule is COC(=O)c1cccc(C2CCCN(C(=O)CN(C(=O)OC(C)(C)C)C3CC3)C2)c1F. The zero-order chi connectivity index (χ0) is 22.8. The summed E-state index contributed by atoms with van der Waals surface area (Å²) in [5, 5.41) is 0. The fourth-order valence-corrected chi connectivity index (χ4v) is 3.89. The monoisotopic (exact) mass is 434 g/mol. The van der Waals surface area contributed by atoms with Crippen molar-refractivity contribution in [2.24, 2.45) is 0 Å². The van der Waals surface area contributed by atoms with Crippen molar-refractivity contribution >= 4 is 18.0 Å². The highest BCUT2D eigenvalue weighted by Crippen LogP contribution is 2.32. The van der Waals surface area contributed by atoms with Crippen LogP contribution in [-0.4, -0.2) is 66.2 Å². The molecule has 1 unspecified atom stereocenters. The summed E-state index contributed by atoms with van der Waals surface area (Å²) in [6.45, 7) is 6.24. The maximum atomic E-state index is 14.9. The first-order valence-electron chi connectivity index (χ1n) is 10.7. The summed E-state index contributed by atoms with van der Waals surface area (Å²) in [6.07, 6.45) is 2.67. The average molecular weight is 435 g/mol. The fourth-order valence-electron chi connectivity index (χ4n) is 3.89. The Morgan fingerprint density at radius 1 is 1.19 bits per heavy atom. The summed E-state index contributed by atoms with van der Waals surface area (Å²) in [5.41, 5.74) is -0.328. The zero-order valence-electron chi connectivity index (χ0n) is 18.7. The molecule has 7 nitrogen and oxygen atoms in total. The molecule has 0 spiro atoms. The van der Waals surface area contributed by atoms with Crippen LogP contribution in [0.4, 0.5) is 9.18 Å². The van der Waals surface area contributed by atoms with Crippen LogP contribution in [0.15, 0.2) is 18.2 Å². The molecule has 1 saturated heterocycles. The third kappa shape index (κ3) is 5.74. The average Bonchev–Trinajstić information content (AvgIpc) is 3.55. The number of ether oxygens (including phenoxy) is 2. The molecule has 2 aliphatic rings. The molecule has 3 rings (SSSR count). The van der Waals surface area contributed by atoms with E-state index < -0.39 is 23.5 Å². The maximum absolute atomic E-state index is 14.9. The van der Waals surface area contributed by atoms with Crippen molar-refractivity contribution in [1.29, 1.82) is 0 Å². The Bertz CT molecular complexity index is 847. The van der Waals surface area contributed by atoms with Crippen LogP contribution in [0.25, 0.3) is 0 Å². The van der Waals surface area contributed by atoms with Crippen molar-refractivity contribution < 1.29 is 28.2 Å². The molecule has 1 aliphatic heterocycles. The first-order valence-corrected chi connectivity index (χ1v) is 10.7. The number of carbonyl (C=O) groups excluding carboxylic acids is 3. The number of nitrogens with zero attached hydrogens (tertiary/aromatic N) is 2. The smallest absolute Gasteiger partial charge is 0.411 e. The molecule has 0 N–H and O–H groups in total. The molecule has 2 fully saturated rings. The lowest BCUT2D eigenvalue weighted by Gasteiger charge is -2.35. The Morgan fingerprint density at radius 3 is 2.52 bits per heavy atom. The second-order valence-corrected chi connectivity index (χ2v) is 9.22. The van der Waals surface area contributed by atoms with Crippen molar-refractivity contribution in [3.05, 3.63) is 35.1 Å².